The van der Waals surface area contributed by atoms with Gasteiger partial charge in [-0.3, -0.25) is 9.59 Å². The van der Waals surface area contributed by atoms with Gasteiger partial charge in [0.1, 0.15) is 5.02 Å². The topological polar surface area (TPSA) is 52.6 Å². The van der Waals surface area contributed by atoms with Crippen molar-refractivity contribution >= 4 is 46.7 Å². The number of unbranched alkanes of at least 4 members (excludes halogenated alkanes) is 6. The predicted octanol–water partition coefficient (Wildman–Crippen LogP) is 7.02. The Kier molecular flexibility index (Phi) is 12.6. The molecule has 0 saturated carbocycles. The molecule has 27 heavy (non-hydrogen) atoms. The summed E-state index contributed by atoms with van der Waals surface area (Å²) in [5.41, 5.74) is 0. The molecule has 1 aromatic carbocycles. The van der Waals surface area contributed by atoms with E-state index in [1.807, 2.05) is 0 Å². The van der Waals surface area contributed by atoms with Gasteiger partial charge < -0.3 is 9.47 Å². The van der Waals surface area contributed by atoms with Crippen LogP contribution in [0.2, 0.25) is 15.1 Å². The third-order valence-electron chi connectivity index (χ3n) is 3.99. The lowest BCUT2D eigenvalue weighted by molar-refractivity contribution is -0.144. The number of ether oxygens (including phenoxy) is 2. The Morgan fingerprint density at radius 2 is 1.37 bits per heavy atom. The number of esters is 2. The Morgan fingerprint density at radius 3 is 2.00 bits per heavy atom. The van der Waals surface area contributed by atoms with Crippen LogP contribution in [0.5, 0.6) is 5.75 Å². The van der Waals surface area contributed by atoms with Gasteiger partial charge in [-0.05, 0) is 31.4 Å². The van der Waals surface area contributed by atoms with Gasteiger partial charge in [-0.2, -0.15) is 0 Å². The quantitative estimate of drug-likeness (QED) is 0.144. The van der Waals surface area contributed by atoms with Crippen molar-refractivity contribution in [2.45, 2.75) is 71.1 Å². The van der Waals surface area contributed by atoms with E-state index in [1.165, 1.54) is 6.07 Å². The zero-order valence-electron chi connectivity index (χ0n) is 15.7. The first-order chi connectivity index (χ1) is 13.0. The molecule has 0 amide bonds. The molecule has 7 heteroatoms. The maximum absolute atomic E-state index is 11.9. The third-order valence-corrected chi connectivity index (χ3v) is 5.08. The molecule has 0 unspecified atom stereocenters. The minimum Gasteiger partial charge on any atom is -0.466 e. The highest BCUT2D eigenvalue weighted by atomic mass is 35.5. The van der Waals surface area contributed by atoms with E-state index in [1.54, 1.807) is 6.07 Å². The minimum atomic E-state index is -0.379. The second kappa shape index (κ2) is 14.1. The van der Waals surface area contributed by atoms with Crippen molar-refractivity contribution in [2.75, 3.05) is 6.61 Å². The highest BCUT2D eigenvalue weighted by Gasteiger charge is 2.14. The van der Waals surface area contributed by atoms with Crippen molar-refractivity contribution < 1.29 is 19.1 Å². The molecule has 0 aliphatic rings. The van der Waals surface area contributed by atoms with Crippen LogP contribution in [0.3, 0.4) is 0 Å². The highest BCUT2D eigenvalue weighted by Crippen LogP contribution is 2.38. The summed E-state index contributed by atoms with van der Waals surface area (Å²) >= 11 is 17.9. The first-order valence-electron chi connectivity index (χ1n) is 9.45. The van der Waals surface area contributed by atoms with Gasteiger partial charge in [0.05, 0.1) is 16.7 Å². The van der Waals surface area contributed by atoms with E-state index in [9.17, 15) is 9.59 Å². The number of rotatable bonds is 13. The molecule has 1 aromatic rings. The fraction of sp³-hybridized carbons (Fsp3) is 0.600. The van der Waals surface area contributed by atoms with E-state index >= 15 is 0 Å². The molecular weight excluding hydrogens is 411 g/mol. The predicted molar refractivity (Wildman–Crippen MR) is 110 cm³/mol. The molecule has 0 bridgehead atoms. The third kappa shape index (κ3) is 10.2. The minimum absolute atomic E-state index is 0.107. The lowest BCUT2D eigenvalue weighted by atomic mass is 10.1. The van der Waals surface area contributed by atoms with Gasteiger partial charge in [-0.15, -0.1) is 0 Å². The van der Waals surface area contributed by atoms with Crippen molar-refractivity contribution in [1.29, 1.82) is 0 Å². The molecule has 0 saturated heterocycles. The van der Waals surface area contributed by atoms with Crippen LogP contribution in [-0.2, 0) is 14.3 Å². The fourth-order valence-corrected chi connectivity index (χ4v) is 3.01. The number of benzene rings is 1. The van der Waals surface area contributed by atoms with Gasteiger partial charge in [0.15, 0.2) is 5.75 Å². The van der Waals surface area contributed by atoms with Crippen LogP contribution in [0.25, 0.3) is 0 Å². The van der Waals surface area contributed by atoms with E-state index in [4.69, 9.17) is 44.3 Å². The molecule has 152 valence electrons. The van der Waals surface area contributed by atoms with E-state index in [-0.39, 0.29) is 32.8 Å². The fourth-order valence-electron chi connectivity index (χ4n) is 2.42. The molecule has 0 N–H and O–H groups in total. The summed E-state index contributed by atoms with van der Waals surface area (Å²) < 4.78 is 10.3. The molecule has 0 aliphatic heterocycles. The van der Waals surface area contributed by atoms with Crippen molar-refractivity contribution in [2.24, 2.45) is 0 Å². The Morgan fingerprint density at radius 1 is 0.815 bits per heavy atom. The van der Waals surface area contributed by atoms with E-state index < -0.39 is 0 Å². The summed E-state index contributed by atoms with van der Waals surface area (Å²) in [6.45, 7) is 2.59. The maximum atomic E-state index is 11.9. The first-order valence-corrected chi connectivity index (χ1v) is 10.6. The average Bonchev–Trinajstić information content (AvgIpc) is 2.64. The zero-order chi connectivity index (χ0) is 20.1. The van der Waals surface area contributed by atoms with Crippen LogP contribution < -0.4 is 4.74 Å². The standard InChI is InChI=1S/C20H27Cl3O4/c1-2-3-14-26-17(24)10-8-6-4-5-7-9-11-18(25)27-20-16(22)13-12-15(21)19(20)23/h12-13H,2-11,14H2,1H3. The molecular formula is C20H27Cl3O4. The summed E-state index contributed by atoms with van der Waals surface area (Å²) in [5, 5.41) is 0.690. The van der Waals surface area contributed by atoms with Gasteiger partial charge in [-0.25, -0.2) is 0 Å². The van der Waals surface area contributed by atoms with Gasteiger partial charge >= 0.3 is 11.9 Å². The summed E-state index contributed by atoms with van der Waals surface area (Å²) in [5.74, 6) is -0.373. The normalized spacial score (nSPS) is 10.7. The maximum Gasteiger partial charge on any atom is 0.311 e. The molecule has 0 radical (unpaired) electrons. The molecule has 0 fully saturated rings. The van der Waals surface area contributed by atoms with Crippen LogP contribution >= 0.6 is 34.8 Å². The van der Waals surface area contributed by atoms with Crippen molar-refractivity contribution in [3.05, 3.63) is 27.2 Å². The monoisotopic (exact) mass is 436 g/mol. The molecule has 0 aromatic heterocycles. The Hall–Kier alpha value is -0.970. The lowest BCUT2D eigenvalue weighted by Gasteiger charge is -2.09. The number of hydrogen-bond acceptors (Lipinski definition) is 4. The number of carbonyl (C=O) groups excluding carboxylic acids is 2. The highest BCUT2D eigenvalue weighted by molar-refractivity contribution is 6.44. The number of halogens is 3. The van der Waals surface area contributed by atoms with Crippen LogP contribution in [0.1, 0.15) is 71.1 Å². The van der Waals surface area contributed by atoms with Crippen molar-refractivity contribution in [3.8, 4) is 5.75 Å². The van der Waals surface area contributed by atoms with Gasteiger partial charge in [-0.1, -0.05) is 73.8 Å². The van der Waals surface area contributed by atoms with Crippen LogP contribution in [0.15, 0.2) is 12.1 Å². The van der Waals surface area contributed by atoms with Gasteiger partial charge in [0, 0.05) is 12.8 Å². The lowest BCUT2D eigenvalue weighted by Crippen LogP contribution is -2.08. The Balaban J connectivity index is 2.08. The number of carbonyl (C=O) groups is 2. The Labute approximate surface area is 176 Å². The summed E-state index contributed by atoms with van der Waals surface area (Å²) in [6, 6.07) is 3.09. The second-order valence-corrected chi connectivity index (χ2v) is 7.53. The first kappa shape index (κ1) is 24.1. The molecule has 0 atom stereocenters. The van der Waals surface area contributed by atoms with Crippen molar-refractivity contribution in [1.82, 2.24) is 0 Å². The van der Waals surface area contributed by atoms with Gasteiger partial charge in [0.25, 0.3) is 0 Å². The molecule has 1 rings (SSSR count). The molecule has 0 spiro atoms. The smallest absolute Gasteiger partial charge is 0.311 e. The van der Waals surface area contributed by atoms with Crippen molar-refractivity contribution in [3.63, 3.8) is 0 Å². The second-order valence-electron chi connectivity index (χ2n) is 6.34. The number of hydrogen-bond donors (Lipinski definition) is 0. The van der Waals surface area contributed by atoms with E-state index in [2.05, 4.69) is 6.92 Å². The summed E-state index contributed by atoms with van der Waals surface area (Å²) in [4.78, 5) is 23.4. The molecule has 0 aliphatic carbocycles. The Bertz CT molecular complexity index is 605. The summed E-state index contributed by atoms with van der Waals surface area (Å²) in [7, 11) is 0. The van der Waals surface area contributed by atoms with Crippen LogP contribution in [0, 0.1) is 0 Å². The molecule has 0 heterocycles. The van der Waals surface area contributed by atoms with Crippen LogP contribution in [-0.4, -0.2) is 18.5 Å². The van der Waals surface area contributed by atoms with Gasteiger partial charge in [0.2, 0.25) is 0 Å². The van der Waals surface area contributed by atoms with E-state index in [0.717, 1.165) is 51.4 Å². The average molecular weight is 438 g/mol. The van der Waals surface area contributed by atoms with Crippen LogP contribution in [0.4, 0.5) is 0 Å². The SMILES string of the molecule is CCCCOC(=O)CCCCCCCCC(=O)Oc1c(Cl)ccc(Cl)c1Cl. The van der Waals surface area contributed by atoms with E-state index in [0.29, 0.717) is 19.4 Å². The molecule has 4 nitrogen and oxygen atoms in total. The largest absolute Gasteiger partial charge is 0.466 e. The zero-order valence-corrected chi connectivity index (χ0v) is 18.0. The summed E-state index contributed by atoms with van der Waals surface area (Å²) in [6.07, 6.45) is 8.25.